The molecule has 2 rings (SSSR count). The predicted octanol–water partition coefficient (Wildman–Crippen LogP) is 4.42. The Balaban J connectivity index is 2.08. The second kappa shape index (κ2) is 6.02. The lowest BCUT2D eigenvalue weighted by Crippen LogP contribution is -2.03. The second-order valence-electron chi connectivity index (χ2n) is 4.49. The topological polar surface area (TPSA) is 17.1 Å². The van der Waals surface area contributed by atoms with Gasteiger partial charge >= 0.3 is 0 Å². The van der Waals surface area contributed by atoms with Gasteiger partial charge in [0.05, 0.1) is 5.75 Å². The van der Waals surface area contributed by atoms with Crippen molar-refractivity contribution in [3.8, 4) is 0 Å². The van der Waals surface area contributed by atoms with Crippen LogP contribution in [0.25, 0.3) is 0 Å². The summed E-state index contributed by atoms with van der Waals surface area (Å²) in [6.45, 7) is 3.80. The number of benzene rings is 2. The standard InChI is InChI=1S/C16H15FOS/c1-11-7-13(9-14(17)8-11)15(18)10-19-16-6-4-3-5-12(16)2/h3-9H,10H2,1-2H3. The molecule has 0 atom stereocenters. The molecule has 0 saturated heterocycles. The van der Waals surface area contributed by atoms with E-state index in [9.17, 15) is 9.18 Å². The van der Waals surface area contributed by atoms with E-state index in [-0.39, 0.29) is 11.6 Å². The first kappa shape index (κ1) is 13.8. The molecule has 19 heavy (non-hydrogen) atoms. The van der Waals surface area contributed by atoms with E-state index >= 15 is 0 Å². The molecule has 0 aliphatic carbocycles. The van der Waals surface area contributed by atoms with Gasteiger partial charge in [-0.1, -0.05) is 18.2 Å². The molecule has 0 saturated carbocycles. The summed E-state index contributed by atoms with van der Waals surface area (Å²) in [6.07, 6.45) is 0. The van der Waals surface area contributed by atoms with Crippen molar-refractivity contribution < 1.29 is 9.18 Å². The molecule has 3 heteroatoms. The van der Waals surface area contributed by atoms with Crippen LogP contribution in [0.1, 0.15) is 21.5 Å². The maximum absolute atomic E-state index is 13.3. The van der Waals surface area contributed by atoms with Crippen LogP contribution in [0.15, 0.2) is 47.4 Å². The summed E-state index contributed by atoms with van der Waals surface area (Å²) in [4.78, 5) is 13.1. The molecule has 2 aromatic rings. The molecule has 0 amide bonds. The first-order chi connectivity index (χ1) is 9.06. The maximum atomic E-state index is 13.3. The number of hydrogen-bond acceptors (Lipinski definition) is 2. The number of carbonyl (C=O) groups excluding carboxylic acids is 1. The van der Waals surface area contributed by atoms with Gasteiger partial charge in [-0.25, -0.2) is 4.39 Å². The van der Waals surface area contributed by atoms with Crippen molar-refractivity contribution in [3.63, 3.8) is 0 Å². The zero-order valence-corrected chi connectivity index (χ0v) is 11.8. The van der Waals surface area contributed by atoms with Gasteiger partial charge in [-0.15, -0.1) is 11.8 Å². The SMILES string of the molecule is Cc1cc(F)cc(C(=O)CSc2ccccc2C)c1. The highest BCUT2D eigenvalue weighted by atomic mass is 32.2. The molecule has 0 aliphatic heterocycles. The minimum Gasteiger partial charge on any atom is -0.293 e. The number of ketones is 1. The highest BCUT2D eigenvalue weighted by Gasteiger charge is 2.09. The molecular formula is C16H15FOS. The second-order valence-corrected chi connectivity index (χ2v) is 5.51. The normalized spacial score (nSPS) is 10.5. The maximum Gasteiger partial charge on any atom is 0.173 e. The Kier molecular flexibility index (Phi) is 4.38. The van der Waals surface area contributed by atoms with Crippen LogP contribution in [0.3, 0.4) is 0 Å². The lowest BCUT2D eigenvalue weighted by atomic mass is 10.1. The van der Waals surface area contributed by atoms with E-state index in [1.165, 1.54) is 23.9 Å². The Hall–Kier alpha value is -1.61. The van der Waals surface area contributed by atoms with Crippen LogP contribution >= 0.6 is 11.8 Å². The van der Waals surface area contributed by atoms with Gasteiger partial charge in [0.2, 0.25) is 0 Å². The Labute approximate surface area is 116 Å². The van der Waals surface area contributed by atoms with Crippen molar-refractivity contribution in [2.75, 3.05) is 5.75 Å². The van der Waals surface area contributed by atoms with Crippen LogP contribution in [-0.2, 0) is 0 Å². The summed E-state index contributed by atoms with van der Waals surface area (Å²) in [6, 6.07) is 12.4. The van der Waals surface area contributed by atoms with Crippen molar-refractivity contribution >= 4 is 17.5 Å². The van der Waals surface area contributed by atoms with Crippen molar-refractivity contribution in [1.29, 1.82) is 0 Å². The molecule has 0 unspecified atom stereocenters. The van der Waals surface area contributed by atoms with Gasteiger partial charge in [0.15, 0.2) is 5.78 Å². The number of carbonyl (C=O) groups is 1. The molecule has 0 heterocycles. The third-order valence-electron chi connectivity index (χ3n) is 2.82. The molecule has 98 valence electrons. The third-order valence-corrected chi connectivity index (χ3v) is 3.99. The zero-order valence-electron chi connectivity index (χ0n) is 10.9. The summed E-state index contributed by atoms with van der Waals surface area (Å²) in [5.41, 5.74) is 2.36. The van der Waals surface area contributed by atoms with Crippen LogP contribution in [0, 0.1) is 19.7 Å². The van der Waals surface area contributed by atoms with Gasteiger partial charge in [0, 0.05) is 10.5 Å². The number of rotatable bonds is 4. The average Bonchev–Trinajstić information content (AvgIpc) is 2.36. The van der Waals surface area contributed by atoms with Crippen LogP contribution in [0.2, 0.25) is 0 Å². The zero-order chi connectivity index (χ0) is 13.8. The summed E-state index contributed by atoms with van der Waals surface area (Å²) >= 11 is 1.49. The van der Waals surface area contributed by atoms with E-state index in [2.05, 4.69) is 0 Å². The van der Waals surface area contributed by atoms with E-state index in [0.717, 1.165) is 16.0 Å². The number of thioether (sulfide) groups is 1. The summed E-state index contributed by atoms with van der Waals surface area (Å²) < 4.78 is 13.3. The van der Waals surface area contributed by atoms with E-state index in [1.54, 1.807) is 13.0 Å². The fourth-order valence-corrected chi connectivity index (χ4v) is 2.77. The summed E-state index contributed by atoms with van der Waals surface area (Å²) in [5.74, 6) is -0.0756. The molecule has 0 radical (unpaired) electrons. The quantitative estimate of drug-likeness (QED) is 0.606. The Bertz CT molecular complexity index is 587. The molecule has 0 aliphatic rings. The van der Waals surface area contributed by atoms with E-state index in [1.807, 2.05) is 31.2 Å². The Morgan fingerprint density at radius 1 is 1.16 bits per heavy atom. The Morgan fingerprint density at radius 3 is 2.58 bits per heavy atom. The van der Waals surface area contributed by atoms with Gasteiger partial charge in [0.25, 0.3) is 0 Å². The summed E-state index contributed by atoms with van der Waals surface area (Å²) in [5, 5.41) is 0. The fourth-order valence-electron chi connectivity index (χ4n) is 1.84. The molecule has 0 aromatic heterocycles. The highest BCUT2D eigenvalue weighted by molar-refractivity contribution is 8.00. The van der Waals surface area contributed by atoms with Crippen LogP contribution in [0.4, 0.5) is 4.39 Å². The summed E-state index contributed by atoms with van der Waals surface area (Å²) in [7, 11) is 0. The molecule has 0 spiro atoms. The van der Waals surface area contributed by atoms with Crippen LogP contribution in [0.5, 0.6) is 0 Å². The predicted molar refractivity (Wildman–Crippen MR) is 77.4 cm³/mol. The fraction of sp³-hybridized carbons (Fsp3) is 0.188. The molecule has 0 N–H and O–H groups in total. The number of halogens is 1. The van der Waals surface area contributed by atoms with E-state index < -0.39 is 0 Å². The lowest BCUT2D eigenvalue weighted by Gasteiger charge is -2.05. The monoisotopic (exact) mass is 274 g/mol. The first-order valence-corrected chi connectivity index (χ1v) is 7.03. The Morgan fingerprint density at radius 2 is 1.89 bits per heavy atom. The lowest BCUT2D eigenvalue weighted by molar-refractivity contribution is 0.102. The third kappa shape index (κ3) is 3.67. The average molecular weight is 274 g/mol. The van der Waals surface area contributed by atoms with E-state index in [4.69, 9.17) is 0 Å². The van der Waals surface area contributed by atoms with Gasteiger partial charge in [-0.05, 0) is 49.2 Å². The molecular weight excluding hydrogens is 259 g/mol. The number of Topliss-reactive ketones (excluding diaryl/α,β-unsaturated/α-hetero) is 1. The van der Waals surface area contributed by atoms with Crippen LogP contribution < -0.4 is 0 Å². The van der Waals surface area contributed by atoms with Crippen molar-refractivity contribution in [2.45, 2.75) is 18.7 Å². The molecule has 0 fully saturated rings. The van der Waals surface area contributed by atoms with Gasteiger partial charge in [0.1, 0.15) is 5.82 Å². The highest BCUT2D eigenvalue weighted by Crippen LogP contribution is 2.23. The van der Waals surface area contributed by atoms with Gasteiger partial charge < -0.3 is 0 Å². The molecule has 0 bridgehead atoms. The minimum atomic E-state index is -0.357. The van der Waals surface area contributed by atoms with Crippen molar-refractivity contribution in [1.82, 2.24) is 0 Å². The van der Waals surface area contributed by atoms with Crippen molar-refractivity contribution in [2.24, 2.45) is 0 Å². The molecule has 2 aromatic carbocycles. The van der Waals surface area contributed by atoms with Gasteiger partial charge in [-0.3, -0.25) is 4.79 Å². The molecule has 1 nitrogen and oxygen atoms in total. The first-order valence-electron chi connectivity index (χ1n) is 6.05. The van der Waals surface area contributed by atoms with E-state index in [0.29, 0.717) is 11.3 Å². The minimum absolute atomic E-state index is 0.0455. The number of aryl methyl sites for hydroxylation is 2. The largest absolute Gasteiger partial charge is 0.293 e. The van der Waals surface area contributed by atoms with Crippen molar-refractivity contribution in [3.05, 3.63) is 65.0 Å². The number of hydrogen-bond donors (Lipinski definition) is 0. The smallest absolute Gasteiger partial charge is 0.173 e. The van der Waals surface area contributed by atoms with Crippen LogP contribution in [-0.4, -0.2) is 11.5 Å². The van der Waals surface area contributed by atoms with Gasteiger partial charge in [-0.2, -0.15) is 0 Å².